The maximum Gasteiger partial charge on any atom is 0.287 e. The summed E-state index contributed by atoms with van der Waals surface area (Å²) in [5.41, 5.74) is 1.66. The molecule has 2 aromatic rings. The average Bonchev–Trinajstić information content (AvgIpc) is 2.99. The van der Waals surface area contributed by atoms with Gasteiger partial charge in [-0.2, -0.15) is 0 Å². The molecule has 6 nitrogen and oxygen atoms in total. The predicted molar refractivity (Wildman–Crippen MR) is 84.7 cm³/mol. The van der Waals surface area contributed by atoms with Gasteiger partial charge in [0.2, 0.25) is 0 Å². The van der Waals surface area contributed by atoms with Crippen LogP contribution in [-0.4, -0.2) is 58.2 Å². The highest BCUT2D eigenvalue weighted by Crippen LogP contribution is 2.15. The second-order valence-electron chi connectivity index (χ2n) is 5.73. The Bertz CT molecular complexity index is 607. The van der Waals surface area contributed by atoms with E-state index in [1.807, 2.05) is 24.3 Å². The first kappa shape index (κ1) is 15.0. The number of nitrogens with zero attached hydrogens (tertiary/aromatic N) is 2. The van der Waals surface area contributed by atoms with E-state index in [2.05, 4.69) is 20.2 Å². The number of likely N-dealkylation sites (tertiary alicyclic amines) is 1. The monoisotopic (exact) mass is 302 g/mol. The zero-order valence-corrected chi connectivity index (χ0v) is 12.6. The first-order valence-electron chi connectivity index (χ1n) is 7.86. The highest BCUT2D eigenvalue weighted by molar-refractivity contribution is 5.94. The van der Waals surface area contributed by atoms with Crippen molar-refractivity contribution in [1.29, 1.82) is 0 Å². The predicted octanol–water partition coefficient (Wildman–Crippen LogP) is 1.14. The van der Waals surface area contributed by atoms with Gasteiger partial charge in [0.1, 0.15) is 0 Å². The fourth-order valence-electron chi connectivity index (χ4n) is 3.02. The summed E-state index contributed by atoms with van der Waals surface area (Å²) in [7, 11) is 0. The molecule has 1 unspecified atom stereocenters. The molecule has 2 heterocycles. The lowest BCUT2D eigenvalue weighted by Gasteiger charge is -2.34. The Morgan fingerprint density at radius 2 is 2.27 bits per heavy atom. The molecule has 3 rings (SSSR count). The Labute approximate surface area is 129 Å². The number of para-hydroxylation sites is 2. The molecule has 0 bridgehead atoms. The number of carbonyl (C=O) groups excluding carboxylic acids is 1. The fraction of sp³-hybridized carbons (Fsp3) is 0.500. The standard InChI is InChI=1S/C16H22N4O2/c21-11-12-5-3-4-9-20(12)10-8-17-16(22)15-18-13-6-1-2-7-14(13)19-15/h1-2,6-7,12,21H,3-5,8-11H2,(H,17,22)(H,18,19). The quantitative estimate of drug-likeness (QED) is 0.773. The van der Waals surface area contributed by atoms with Gasteiger partial charge in [0.25, 0.3) is 5.91 Å². The number of aliphatic hydroxyl groups excluding tert-OH is 1. The van der Waals surface area contributed by atoms with E-state index in [0.717, 1.165) is 37.0 Å². The molecule has 118 valence electrons. The lowest BCUT2D eigenvalue weighted by Crippen LogP contribution is -2.45. The number of amides is 1. The van der Waals surface area contributed by atoms with Crippen molar-refractivity contribution in [2.45, 2.75) is 25.3 Å². The number of aromatic nitrogens is 2. The number of benzene rings is 1. The minimum absolute atomic E-state index is 0.186. The number of H-pyrrole nitrogens is 1. The second kappa shape index (κ2) is 6.89. The molecule has 0 spiro atoms. The Morgan fingerprint density at radius 3 is 3.09 bits per heavy atom. The molecule has 1 fully saturated rings. The number of rotatable bonds is 5. The van der Waals surface area contributed by atoms with E-state index in [1.54, 1.807) is 0 Å². The summed E-state index contributed by atoms with van der Waals surface area (Å²) >= 11 is 0. The number of aromatic amines is 1. The van der Waals surface area contributed by atoms with Crippen LogP contribution in [-0.2, 0) is 0 Å². The van der Waals surface area contributed by atoms with Crippen molar-refractivity contribution in [2.75, 3.05) is 26.2 Å². The number of piperidine rings is 1. The third-order valence-electron chi connectivity index (χ3n) is 4.25. The van der Waals surface area contributed by atoms with Crippen LogP contribution in [0.5, 0.6) is 0 Å². The molecule has 1 atom stereocenters. The number of fused-ring (bicyclic) bond motifs is 1. The molecule has 1 aliphatic heterocycles. The van der Waals surface area contributed by atoms with Gasteiger partial charge < -0.3 is 15.4 Å². The van der Waals surface area contributed by atoms with Crippen LogP contribution in [0.15, 0.2) is 24.3 Å². The highest BCUT2D eigenvalue weighted by atomic mass is 16.3. The van der Waals surface area contributed by atoms with Crippen molar-refractivity contribution < 1.29 is 9.90 Å². The van der Waals surface area contributed by atoms with Crippen molar-refractivity contribution in [3.63, 3.8) is 0 Å². The third kappa shape index (κ3) is 3.28. The van der Waals surface area contributed by atoms with Crippen molar-refractivity contribution in [1.82, 2.24) is 20.2 Å². The highest BCUT2D eigenvalue weighted by Gasteiger charge is 2.21. The molecule has 3 N–H and O–H groups in total. The smallest absolute Gasteiger partial charge is 0.287 e. The summed E-state index contributed by atoms with van der Waals surface area (Å²) in [6.07, 6.45) is 3.37. The first-order valence-corrected chi connectivity index (χ1v) is 7.86. The lowest BCUT2D eigenvalue weighted by atomic mass is 10.0. The van der Waals surface area contributed by atoms with E-state index in [0.29, 0.717) is 12.4 Å². The van der Waals surface area contributed by atoms with E-state index < -0.39 is 0 Å². The summed E-state index contributed by atoms with van der Waals surface area (Å²) < 4.78 is 0. The van der Waals surface area contributed by atoms with E-state index in [-0.39, 0.29) is 18.6 Å². The Morgan fingerprint density at radius 1 is 1.41 bits per heavy atom. The largest absolute Gasteiger partial charge is 0.395 e. The van der Waals surface area contributed by atoms with Crippen molar-refractivity contribution in [2.24, 2.45) is 0 Å². The van der Waals surface area contributed by atoms with Crippen molar-refractivity contribution in [3.8, 4) is 0 Å². The molecular formula is C16H22N4O2. The van der Waals surface area contributed by atoms with Gasteiger partial charge >= 0.3 is 0 Å². The van der Waals surface area contributed by atoms with Crippen LogP contribution < -0.4 is 5.32 Å². The van der Waals surface area contributed by atoms with Crippen LogP contribution in [0.25, 0.3) is 11.0 Å². The number of hydrogen-bond acceptors (Lipinski definition) is 4. The topological polar surface area (TPSA) is 81.2 Å². The van der Waals surface area contributed by atoms with Gasteiger partial charge in [-0.05, 0) is 31.5 Å². The number of nitrogens with one attached hydrogen (secondary N) is 2. The van der Waals surface area contributed by atoms with Gasteiger partial charge in [-0.25, -0.2) is 4.98 Å². The zero-order chi connectivity index (χ0) is 15.4. The van der Waals surface area contributed by atoms with Gasteiger partial charge in [-0.3, -0.25) is 9.69 Å². The zero-order valence-electron chi connectivity index (χ0n) is 12.6. The lowest BCUT2D eigenvalue weighted by molar-refractivity contribution is 0.0845. The Hall–Kier alpha value is -1.92. The summed E-state index contributed by atoms with van der Waals surface area (Å²) in [5.74, 6) is 0.160. The van der Waals surface area contributed by atoms with Gasteiger partial charge in [0.05, 0.1) is 17.6 Å². The number of imidazole rings is 1. The molecule has 1 amide bonds. The normalized spacial score (nSPS) is 19.4. The Balaban J connectivity index is 1.53. The van der Waals surface area contributed by atoms with Crippen LogP contribution in [0, 0.1) is 0 Å². The van der Waals surface area contributed by atoms with Gasteiger partial charge in [-0.1, -0.05) is 18.6 Å². The molecule has 0 aliphatic carbocycles. The second-order valence-corrected chi connectivity index (χ2v) is 5.73. The molecule has 1 saturated heterocycles. The van der Waals surface area contributed by atoms with E-state index in [4.69, 9.17) is 0 Å². The third-order valence-corrected chi connectivity index (χ3v) is 4.25. The number of hydrogen-bond donors (Lipinski definition) is 3. The summed E-state index contributed by atoms with van der Waals surface area (Å²) in [5, 5.41) is 12.3. The summed E-state index contributed by atoms with van der Waals surface area (Å²) in [6, 6.07) is 7.82. The molecular weight excluding hydrogens is 280 g/mol. The van der Waals surface area contributed by atoms with Crippen molar-refractivity contribution >= 4 is 16.9 Å². The SMILES string of the molecule is O=C(NCCN1CCCCC1CO)c1nc2ccccc2[nH]1. The maximum absolute atomic E-state index is 12.1. The summed E-state index contributed by atoms with van der Waals surface area (Å²) in [4.78, 5) is 21.7. The molecule has 0 radical (unpaired) electrons. The van der Waals surface area contributed by atoms with Crippen LogP contribution in [0.1, 0.15) is 29.9 Å². The van der Waals surface area contributed by atoms with Gasteiger partial charge in [0.15, 0.2) is 5.82 Å². The van der Waals surface area contributed by atoms with Crippen LogP contribution >= 0.6 is 0 Å². The first-order chi connectivity index (χ1) is 10.8. The number of aliphatic hydroxyl groups is 1. The van der Waals surface area contributed by atoms with E-state index in [1.165, 1.54) is 6.42 Å². The van der Waals surface area contributed by atoms with E-state index in [9.17, 15) is 9.90 Å². The molecule has 6 heteroatoms. The minimum Gasteiger partial charge on any atom is -0.395 e. The number of carbonyl (C=O) groups is 1. The molecule has 0 saturated carbocycles. The minimum atomic E-state index is -0.186. The van der Waals surface area contributed by atoms with Gasteiger partial charge in [0, 0.05) is 19.1 Å². The van der Waals surface area contributed by atoms with Crippen LogP contribution in [0.2, 0.25) is 0 Å². The molecule has 22 heavy (non-hydrogen) atoms. The average molecular weight is 302 g/mol. The molecule has 1 aromatic heterocycles. The fourth-order valence-corrected chi connectivity index (χ4v) is 3.02. The summed E-state index contributed by atoms with van der Waals surface area (Å²) in [6.45, 7) is 2.51. The van der Waals surface area contributed by atoms with Gasteiger partial charge in [-0.15, -0.1) is 0 Å². The Kier molecular flexibility index (Phi) is 4.70. The van der Waals surface area contributed by atoms with Crippen LogP contribution in [0.4, 0.5) is 0 Å². The van der Waals surface area contributed by atoms with Crippen LogP contribution in [0.3, 0.4) is 0 Å². The van der Waals surface area contributed by atoms with Crippen molar-refractivity contribution in [3.05, 3.63) is 30.1 Å². The molecule has 1 aliphatic rings. The maximum atomic E-state index is 12.1. The van der Waals surface area contributed by atoms with E-state index >= 15 is 0 Å². The molecule has 1 aromatic carbocycles.